The number of rotatable bonds is 20. The first-order valence-electron chi connectivity index (χ1n) is 13.3. The summed E-state index contributed by atoms with van der Waals surface area (Å²) >= 11 is 0. The predicted molar refractivity (Wildman–Crippen MR) is 137 cm³/mol. The SMILES string of the molecule is CCC/C=C/CCCC(C(=O)OC(=O)C(CCC/C=C/CCC)C(CC)C(=O)O)C(CC)C(=O)O. The number of carboxylic acid groups (broad SMARTS) is 2. The first-order chi connectivity index (χ1) is 16.7. The minimum atomic E-state index is -1.10. The molecule has 0 aliphatic carbocycles. The molecule has 0 radical (unpaired) electrons. The van der Waals surface area contributed by atoms with Gasteiger partial charge in [0, 0.05) is 0 Å². The van der Waals surface area contributed by atoms with Crippen LogP contribution in [0.4, 0.5) is 0 Å². The molecule has 0 aromatic carbocycles. The molecule has 0 rings (SSSR count). The summed E-state index contributed by atoms with van der Waals surface area (Å²) in [5.74, 6) is -7.76. The van der Waals surface area contributed by atoms with Crippen molar-refractivity contribution in [1.82, 2.24) is 0 Å². The monoisotopic (exact) mass is 494 g/mol. The van der Waals surface area contributed by atoms with E-state index in [-0.39, 0.29) is 25.7 Å². The Bertz CT molecular complexity index is 637. The summed E-state index contributed by atoms with van der Waals surface area (Å²) < 4.78 is 5.19. The van der Waals surface area contributed by atoms with Crippen LogP contribution in [-0.2, 0) is 23.9 Å². The fourth-order valence-corrected chi connectivity index (χ4v) is 4.20. The van der Waals surface area contributed by atoms with E-state index in [0.29, 0.717) is 25.7 Å². The summed E-state index contributed by atoms with van der Waals surface area (Å²) in [7, 11) is 0. The molecule has 0 saturated heterocycles. The molecular formula is C28H46O7. The molecule has 0 spiro atoms. The summed E-state index contributed by atoms with van der Waals surface area (Å²) in [5.41, 5.74) is 0. The zero-order valence-electron chi connectivity index (χ0n) is 22.0. The second-order valence-electron chi connectivity index (χ2n) is 9.04. The van der Waals surface area contributed by atoms with E-state index in [0.717, 1.165) is 25.7 Å². The van der Waals surface area contributed by atoms with Crippen LogP contribution in [0.15, 0.2) is 24.3 Å². The molecule has 7 heteroatoms. The third-order valence-corrected chi connectivity index (χ3v) is 6.31. The standard InChI is InChI=1S/C28H46O7/c1-5-9-11-13-15-17-19-23(21(7-3)25(29)30)27(33)35-28(34)24(22(8-4)26(31)32)20-18-16-14-12-10-6-2/h11-14,21-24H,5-10,15-20H2,1-4H3,(H,29,30)(H,31,32)/b13-11+,14-12+. The fourth-order valence-electron chi connectivity index (χ4n) is 4.20. The maximum absolute atomic E-state index is 13.0. The van der Waals surface area contributed by atoms with Gasteiger partial charge in [0.05, 0.1) is 23.7 Å². The van der Waals surface area contributed by atoms with Crippen molar-refractivity contribution in [2.75, 3.05) is 0 Å². The molecule has 0 aromatic rings. The molecule has 0 bridgehead atoms. The number of carbonyl (C=O) groups is 4. The van der Waals surface area contributed by atoms with E-state index in [1.807, 2.05) is 12.2 Å². The van der Waals surface area contributed by atoms with Gasteiger partial charge < -0.3 is 14.9 Å². The van der Waals surface area contributed by atoms with Gasteiger partial charge in [-0.2, -0.15) is 0 Å². The number of allylic oxidation sites excluding steroid dienone is 4. The summed E-state index contributed by atoms with van der Waals surface area (Å²) in [6.45, 7) is 7.54. The van der Waals surface area contributed by atoms with Crippen LogP contribution in [0.25, 0.3) is 0 Å². The van der Waals surface area contributed by atoms with E-state index in [9.17, 15) is 29.4 Å². The first kappa shape index (κ1) is 32.6. The average Bonchev–Trinajstić information content (AvgIpc) is 2.81. The molecule has 0 heterocycles. The molecule has 0 aliphatic heterocycles. The summed E-state index contributed by atoms with van der Waals surface area (Å²) in [6, 6.07) is 0. The number of hydrogen-bond acceptors (Lipinski definition) is 5. The number of esters is 2. The number of aliphatic carboxylic acids is 2. The van der Waals surface area contributed by atoms with Crippen LogP contribution in [0.5, 0.6) is 0 Å². The Morgan fingerprint density at radius 1 is 0.600 bits per heavy atom. The second kappa shape index (κ2) is 19.8. The fraction of sp³-hybridized carbons (Fsp3) is 0.714. The molecular weight excluding hydrogens is 448 g/mol. The lowest BCUT2D eigenvalue weighted by Gasteiger charge is -2.24. The second-order valence-corrected chi connectivity index (χ2v) is 9.04. The van der Waals surface area contributed by atoms with Crippen LogP contribution in [0.3, 0.4) is 0 Å². The number of carboxylic acids is 2. The molecule has 0 aromatic heterocycles. The van der Waals surface area contributed by atoms with E-state index in [1.165, 1.54) is 0 Å². The molecule has 0 fully saturated rings. The van der Waals surface area contributed by atoms with Crippen molar-refractivity contribution < 1.29 is 34.1 Å². The summed E-state index contributed by atoms with van der Waals surface area (Å²) in [4.78, 5) is 49.5. The molecule has 4 atom stereocenters. The van der Waals surface area contributed by atoms with E-state index in [1.54, 1.807) is 13.8 Å². The van der Waals surface area contributed by atoms with Gasteiger partial charge in [0.15, 0.2) is 0 Å². The van der Waals surface area contributed by atoms with E-state index >= 15 is 0 Å². The molecule has 0 amide bonds. The predicted octanol–water partition coefficient (Wildman–Crippen LogP) is 6.56. The number of carbonyl (C=O) groups excluding carboxylic acids is 2. The van der Waals surface area contributed by atoms with E-state index < -0.39 is 47.5 Å². The largest absolute Gasteiger partial charge is 0.481 e. The minimum absolute atomic E-state index is 0.231. The van der Waals surface area contributed by atoms with Crippen molar-refractivity contribution in [3.05, 3.63) is 24.3 Å². The lowest BCUT2D eigenvalue weighted by Crippen LogP contribution is -2.36. The number of hydrogen-bond donors (Lipinski definition) is 2. The van der Waals surface area contributed by atoms with Crippen LogP contribution in [-0.4, -0.2) is 34.1 Å². The summed E-state index contributed by atoms with van der Waals surface area (Å²) in [5, 5.41) is 19.2. The van der Waals surface area contributed by atoms with Gasteiger partial charge in [-0.1, -0.05) is 64.8 Å². The third kappa shape index (κ3) is 13.3. The summed E-state index contributed by atoms with van der Waals surface area (Å²) in [6.07, 6.45) is 15.8. The molecule has 0 aliphatic rings. The molecule has 4 unspecified atom stereocenters. The highest BCUT2D eigenvalue weighted by atomic mass is 16.6. The zero-order valence-corrected chi connectivity index (χ0v) is 22.0. The van der Waals surface area contributed by atoms with Gasteiger partial charge in [0.2, 0.25) is 0 Å². The maximum Gasteiger partial charge on any atom is 0.317 e. The van der Waals surface area contributed by atoms with E-state index in [4.69, 9.17) is 4.74 Å². The highest BCUT2D eigenvalue weighted by Gasteiger charge is 2.38. The average molecular weight is 495 g/mol. The quantitative estimate of drug-likeness (QED) is 0.0851. The smallest absolute Gasteiger partial charge is 0.317 e. The molecule has 200 valence electrons. The number of ether oxygens (including phenoxy) is 1. The van der Waals surface area contributed by atoms with Crippen molar-refractivity contribution >= 4 is 23.9 Å². The maximum atomic E-state index is 13.0. The Kier molecular flexibility index (Phi) is 18.4. The Balaban J connectivity index is 5.42. The van der Waals surface area contributed by atoms with Crippen LogP contribution < -0.4 is 0 Å². The van der Waals surface area contributed by atoms with Crippen LogP contribution in [0.1, 0.15) is 105 Å². The highest BCUT2D eigenvalue weighted by Crippen LogP contribution is 2.28. The Morgan fingerprint density at radius 2 is 0.943 bits per heavy atom. The lowest BCUT2D eigenvalue weighted by atomic mass is 9.85. The van der Waals surface area contributed by atoms with Gasteiger partial charge in [-0.05, 0) is 64.2 Å². The minimum Gasteiger partial charge on any atom is -0.481 e. The molecule has 2 N–H and O–H groups in total. The van der Waals surface area contributed by atoms with Crippen molar-refractivity contribution in [2.45, 2.75) is 105 Å². The first-order valence-corrected chi connectivity index (χ1v) is 13.3. The van der Waals surface area contributed by atoms with Gasteiger partial charge in [0.1, 0.15) is 0 Å². The Morgan fingerprint density at radius 3 is 1.23 bits per heavy atom. The van der Waals surface area contributed by atoms with Gasteiger partial charge >= 0.3 is 23.9 Å². The lowest BCUT2D eigenvalue weighted by molar-refractivity contribution is -0.173. The van der Waals surface area contributed by atoms with Crippen LogP contribution in [0, 0.1) is 23.7 Å². The number of unbranched alkanes of at least 4 members (excludes halogenated alkanes) is 4. The van der Waals surface area contributed by atoms with E-state index in [2.05, 4.69) is 26.0 Å². The Hall–Kier alpha value is -2.44. The van der Waals surface area contributed by atoms with Gasteiger partial charge in [-0.3, -0.25) is 19.2 Å². The van der Waals surface area contributed by atoms with Crippen molar-refractivity contribution in [1.29, 1.82) is 0 Å². The molecule has 7 nitrogen and oxygen atoms in total. The topological polar surface area (TPSA) is 118 Å². The van der Waals surface area contributed by atoms with Crippen LogP contribution >= 0.6 is 0 Å². The molecule has 0 saturated carbocycles. The van der Waals surface area contributed by atoms with Crippen LogP contribution in [0.2, 0.25) is 0 Å². The van der Waals surface area contributed by atoms with Crippen molar-refractivity contribution in [2.24, 2.45) is 23.7 Å². The Labute approximate surface area is 211 Å². The third-order valence-electron chi connectivity index (χ3n) is 6.31. The van der Waals surface area contributed by atoms with Gasteiger partial charge in [-0.25, -0.2) is 0 Å². The normalized spacial score (nSPS) is 15.1. The highest BCUT2D eigenvalue weighted by molar-refractivity contribution is 5.91. The van der Waals surface area contributed by atoms with Gasteiger partial charge in [-0.15, -0.1) is 0 Å². The van der Waals surface area contributed by atoms with Crippen molar-refractivity contribution in [3.8, 4) is 0 Å². The zero-order chi connectivity index (χ0) is 26.6. The van der Waals surface area contributed by atoms with Crippen molar-refractivity contribution in [3.63, 3.8) is 0 Å². The van der Waals surface area contributed by atoms with Gasteiger partial charge in [0.25, 0.3) is 0 Å². The molecule has 35 heavy (non-hydrogen) atoms.